The van der Waals surface area contributed by atoms with Gasteiger partial charge in [0.25, 0.3) is 0 Å². The van der Waals surface area contributed by atoms with Gasteiger partial charge in [-0.2, -0.15) is 5.10 Å². The Morgan fingerprint density at radius 2 is 1.78 bits per heavy atom. The second-order valence-corrected chi connectivity index (χ2v) is 9.31. The minimum atomic E-state index is -0.0344. The molecule has 0 aliphatic carbocycles. The highest BCUT2D eigenvalue weighted by atomic mass is 16.1. The van der Waals surface area contributed by atoms with E-state index >= 15 is 0 Å². The summed E-state index contributed by atoms with van der Waals surface area (Å²) in [6, 6.07) is 13.6. The molecule has 6 aromatic heterocycles. The Balaban J connectivity index is 1.38. The van der Waals surface area contributed by atoms with Crippen LogP contribution in [0.3, 0.4) is 0 Å². The molecule has 0 radical (unpaired) electrons. The van der Waals surface area contributed by atoms with Gasteiger partial charge < -0.3 is 10.3 Å². The fraction of sp³-hybridized carbons (Fsp3) is 0.143. The molecule has 0 aromatic carbocycles. The summed E-state index contributed by atoms with van der Waals surface area (Å²) in [5.74, 6) is 0.244. The van der Waals surface area contributed by atoms with Crippen molar-refractivity contribution in [2.45, 2.75) is 20.3 Å². The van der Waals surface area contributed by atoms with Crippen LogP contribution in [0.2, 0.25) is 0 Å². The molecule has 0 saturated heterocycles. The van der Waals surface area contributed by atoms with Crippen LogP contribution in [0.1, 0.15) is 20.3 Å². The zero-order valence-corrected chi connectivity index (χ0v) is 20.4. The monoisotopic (exact) mass is 488 g/mol. The minimum Gasteiger partial charge on any atom is -0.353 e. The van der Waals surface area contributed by atoms with Crippen molar-refractivity contribution < 1.29 is 4.79 Å². The molecule has 0 aliphatic heterocycles. The van der Waals surface area contributed by atoms with Gasteiger partial charge in [0.1, 0.15) is 5.69 Å². The van der Waals surface area contributed by atoms with E-state index in [1.54, 1.807) is 31.0 Å². The predicted molar refractivity (Wildman–Crippen MR) is 144 cm³/mol. The molecule has 37 heavy (non-hydrogen) atoms. The number of carbonyl (C=O) groups excluding carboxylic acids is 1. The Hall–Kier alpha value is -4.92. The summed E-state index contributed by atoms with van der Waals surface area (Å²) in [5, 5.41) is 12.5. The molecule has 0 spiro atoms. The van der Waals surface area contributed by atoms with E-state index in [-0.39, 0.29) is 11.8 Å². The lowest BCUT2D eigenvalue weighted by Gasteiger charge is -2.08. The zero-order valence-electron chi connectivity index (χ0n) is 20.4. The normalized spacial score (nSPS) is 11.4. The SMILES string of the molecule is CC(C)CC(=O)Nc1cncc(-c2cc3c(-c4cc5c(-c6ccccn6)nccc5[nH]4)n[nH]c3cn2)c1. The number of nitrogens with zero attached hydrogens (tertiary/aromatic N) is 5. The number of hydrogen-bond acceptors (Lipinski definition) is 6. The van der Waals surface area contributed by atoms with E-state index in [0.717, 1.165) is 55.8 Å². The third kappa shape index (κ3) is 4.42. The number of anilines is 1. The average Bonchev–Trinajstić information content (AvgIpc) is 3.52. The molecule has 182 valence electrons. The van der Waals surface area contributed by atoms with Gasteiger partial charge in [-0.25, -0.2) is 0 Å². The molecule has 0 unspecified atom stereocenters. The Bertz CT molecular complexity index is 1740. The lowest BCUT2D eigenvalue weighted by atomic mass is 10.1. The van der Waals surface area contributed by atoms with Crippen LogP contribution in [0.15, 0.2) is 73.4 Å². The highest BCUT2D eigenvalue weighted by Crippen LogP contribution is 2.33. The molecule has 0 bridgehead atoms. The van der Waals surface area contributed by atoms with Crippen LogP contribution in [0.4, 0.5) is 5.69 Å². The molecule has 1 amide bonds. The molecule has 0 fully saturated rings. The largest absolute Gasteiger partial charge is 0.353 e. The average molecular weight is 489 g/mol. The second-order valence-electron chi connectivity index (χ2n) is 9.31. The van der Waals surface area contributed by atoms with Crippen molar-refractivity contribution in [1.82, 2.24) is 35.1 Å². The lowest BCUT2D eigenvalue weighted by Crippen LogP contribution is -2.13. The number of nitrogens with one attached hydrogen (secondary N) is 3. The summed E-state index contributed by atoms with van der Waals surface area (Å²) in [6.07, 6.45) is 9.13. The fourth-order valence-electron chi connectivity index (χ4n) is 4.40. The summed E-state index contributed by atoms with van der Waals surface area (Å²) in [5.41, 5.74) is 7.19. The number of carbonyl (C=O) groups is 1. The molecular formula is C28H24N8O. The quantitative estimate of drug-likeness (QED) is 0.280. The van der Waals surface area contributed by atoms with Crippen molar-refractivity contribution in [2.24, 2.45) is 5.92 Å². The predicted octanol–water partition coefficient (Wildman–Crippen LogP) is 5.61. The number of fused-ring (bicyclic) bond motifs is 2. The van der Waals surface area contributed by atoms with E-state index in [2.05, 4.69) is 46.5 Å². The number of aromatic nitrogens is 7. The maximum Gasteiger partial charge on any atom is 0.224 e. The smallest absolute Gasteiger partial charge is 0.224 e. The van der Waals surface area contributed by atoms with Gasteiger partial charge in [0.05, 0.1) is 46.4 Å². The Morgan fingerprint density at radius 1 is 0.892 bits per heavy atom. The van der Waals surface area contributed by atoms with Gasteiger partial charge in [-0.15, -0.1) is 0 Å². The van der Waals surface area contributed by atoms with Crippen LogP contribution < -0.4 is 5.32 Å². The first kappa shape index (κ1) is 22.5. The first-order chi connectivity index (χ1) is 18.0. The first-order valence-corrected chi connectivity index (χ1v) is 12.0. The van der Waals surface area contributed by atoms with Gasteiger partial charge in [0.2, 0.25) is 5.91 Å². The first-order valence-electron chi connectivity index (χ1n) is 12.0. The Kier molecular flexibility index (Phi) is 5.65. The van der Waals surface area contributed by atoms with E-state index in [4.69, 9.17) is 0 Å². The molecule has 0 aliphatic rings. The van der Waals surface area contributed by atoms with Gasteiger partial charge in [-0.1, -0.05) is 19.9 Å². The van der Waals surface area contributed by atoms with Crippen molar-refractivity contribution in [2.75, 3.05) is 5.32 Å². The lowest BCUT2D eigenvalue weighted by molar-refractivity contribution is -0.116. The van der Waals surface area contributed by atoms with E-state index in [9.17, 15) is 4.79 Å². The number of H-pyrrole nitrogens is 2. The van der Waals surface area contributed by atoms with Gasteiger partial charge >= 0.3 is 0 Å². The van der Waals surface area contributed by atoms with Crippen molar-refractivity contribution in [1.29, 1.82) is 0 Å². The number of pyridine rings is 4. The van der Waals surface area contributed by atoms with E-state index in [1.807, 2.05) is 50.2 Å². The van der Waals surface area contributed by atoms with E-state index in [0.29, 0.717) is 12.1 Å². The van der Waals surface area contributed by atoms with Crippen LogP contribution in [0, 0.1) is 5.92 Å². The molecule has 0 saturated carbocycles. The molecule has 9 nitrogen and oxygen atoms in total. The molecular weight excluding hydrogens is 464 g/mol. The zero-order chi connectivity index (χ0) is 25.4. The highest BCUT2D eigenvalue weighted by Gasteiger charge is 2.16. The van der Waals surface area contributed by atoms with Crippen molar-refractivity contribution in [3.05, 3.63) is 73.4 Å². The van der Waals surface area contributed by atoms with Crippen molar-refractivity contribution in [3.63, 3.8) is 0 Å². The topological polar surface area (TPSA) is 125 Å². The van der Waals surface area contributed by atoms with Gasteiger partial charge in [0, 0.05) is 46.9 Å². The number of amides is 1. The van der Waals surface area contributed by atoms with E-state index < -0.39 is 0 Å². The van der Waals surface area contributed by atoms with Crippen LogP contribution in [0.5, 0.6) is 0 Å². The van der Waals surface area contributed by atoms with Gasteiger partial charge in [-0.05, 0) is 42.3 Å². The summed E-state index contributed by atoms with van der Waals surface area (Å²) >= 11 is 0. The van der Waals surface area contributed by atoms with Crippen molar-refractivity contribution in [3.8, 4) is 34.0 Å². The van der Waals surface area contributed by atoms with Gasteiger partial charge in [-0.3, -0.25) is 29.8 Å². The molecule has 6 heterocycles. The standard InChI is InChI=1S/C28H24N8O/c1-16(2)9-26(37)33-18-10-17(13-29-14-18)23-11-20-25(15-32-23)35-36-28(20)24-12-19-21(34-24)6-8-31-27(19)22-5-3-4-7-30-22/h3-8,10-16,34H,9H2,1-2H3,(H,33,37)(H,35,36). The summed E-state index contributed by atoms with van der Waals surface area (Å²) in [6.45, 7) is 4.03. The summed E-state index contributed by atoms with van der Waals surface area (Å²) in [7, 11) is 0. The van der Waals surface area contributed by atoms with Crippen molar-refractivity contribution >= 4 is 33.4 Å². The molecule has 6 rings (SSSR count). The number of hydrogen-bond donors (Lipinski definition) is 3. The van der Waals surface area contributed by atoms with E-state index in [1.165, 1.54) is 0 Å². The molecule has 9 heteroatoms. The van der Waals surface area contributed by atoms with Crippen LogP contribution >= 0.6 is 0 Å². The Morgan fingerprint density at radius 3 is 2.62 bits per heavy atom. The van der Waals surface area contributed by atoms with Gasteiger partial charge in [0.15, 0.2) is 0 Å². The van der Waals surface area contributed by atoms with Crippen LogP contribution in [-0.4, -0.2) is 41.0 Å². The maximum atomic E-state index is 12.2. The van der Waals surface area contributed by atoms with Crippen LogP contribution in [-0.2, 0) is 4.79 Å². The highest BCUT2D eigenvalue weighted by molar-refractivity contribution is 6.00. The Labute approximate surface area is 212 Å². The third-order valence-electron chi connectivity index (χ3n) is 6.07. The fourth-order valence-corrected chi connectivity index (χ4v) is 4.40. The second kappa shape index (κ2) is 9.27. The third-order valence-corrected chi connectivity index (χ3v) is 6.07. The number of aromatic amines is 2. The molecule has 3 N–H and O–H groups in total. The maximum absolute atomic E-state index is 12.2. The molecule has 0 atom stereocenters. The number of rotatable bonds is 6. The summed E-state index contributed by atoms with van der Waals surface area (Å²) < 4.78 is 0. The molecule has 6 aromatic rings. The minimum absolute atomic E-state index is 0.0344. The van der Waals surface area contributed by atoms with Crippen LogP contribution in [0.25, 0.3) is 55.8 Å². The summed E-state index contributed by atoms with van der Waals surface area (Å²) in [4.78, 5) is 33.6.